The van der Waals surface area contributed by atoms with Crippen LogP contribution < -0.4 is 15.2 Å². The van der Waals surface area contributed by atoms with E-state index in [1.165, 1.54) is 12.8 Å². The molecule has 6 heteroatoms. The first-order chi connectivity index (χ1) is 11.9. The number of methoxy groups -OCH3 is 1. The minimum Gasteiger partial charge on any atom is -0.493 e. The number of benzene rings is 1. The first kappa shape index (κ1) is 17.6. The Kier molecular flexibility index (Phi) is 4.61. The number of carbonyl (C=O) groups is 1. The van der Waals surface area contributed by atoms with Gasteiger partial charge in [0.1, 0.15) is 5.60 Å². The number of aliphatic hydroxyl groups is 1. The summed E-state index contributed by atoms with van der Waals surface area (Å²) >= 11 is 0. The lowest BCUT2D eigenvalue weighted by atomic mass is 9.66. The van der Waals surface area contributed by atoms with Gasteiger partial charge in [0.05, 0.1) is 25.2 Å². The number of rotatable bonds is 6. The smallest absolute Gasteiger partial charge is 0.249 e. The van der Waals surface area contributed by atoms with Crippen LogP contribution in [0.25, 0.3) is 0 Å². The Morgan fingerprint density at radius 1 is 1.32 bits per heavy atom. The molecule has 6 nitrogen and oxygen atoms in total. The standard InChI is InChI=1S/C19H24N2O4/c1-24-15-5-4-14(10-16(15)25-11-13-2-3-13)18(12-20)6-8-19(23,9-7-18)17(21)22/h4-5,10,13,23H,2-3,6-9,11H2,1H3,(H2,21,22)/t18-,19-. The monoisotopic (exact) mass is 344 g/mol. The minimum atomic E-state index is -1.52. The summed E-state index contributed by atoms with van der Waals surface area (Å²) in [5.74, 6) is 1.17. The normalized spacial score (nSPS) is 28.8. The summed E-state index contributed by atoms with van der Waals surface area (Å²) in [6, 6.07) is 7.93. The van der Waals surface area contributed by atoms with Crippen molar-refractivity contribution in [1.82, 2.24) is 0 Å². The molecule has 0 aromatic heterocycles. The van der Waals surface area contributed by atoms with Gasteiger partial charge in [-0.05, 0) is 62.1 Å². The quantitative estimate of drug-likeness (QED) is 0.821. The number of nitrogens with two attached hydrogens (primary N) is 1. The van der Waals surface area contributed by atoms with Gasteiger partial charge < -0.3 is 20.3 Å². The summed E-state index contributed by atoms with van der Waals surface area (Å²) in [6.07, 6.45) is 3.49. The summed E-state index contributed by atoms with van der Waals surface area (Å²) in [7, 11) is 1.59. The molecule has 0 unspecified atom stereocenters. The minimum absolute atomic E-state index is 0.181. The van der Waals surface area contributed by atoms with E-state index in [4.69, 9.17) is 15.2 Å². The molecule has 1 aromatic rings. The predicted octanol–water partition coefficient (Wildman–Crippen LogP) is 2.04. The number of ether oxygens (including phenoxy) is 2. The van der Waals surface area contributed by atoms with Crippen molar-refractivity contribution in [2.24, 2.45) is 11.7 Å². The molecule has 0 saturated heterocycles. The first-order valence-corrected chi connectivity index (χ1v) is 8.67. The van der Waals surface area contributed by atoms with Gasteiger partial charge in [0, 0.05) is 0 Å². The van der Waals surface area contributed by atoms with E-state index in [0.717, 1.165) is 5.56 Å². The van der Waals surface area contributed by atoms with E-state index in [-0.39, 0.29) is 12.8 Å². The summed E-state index contributed by atoms with van der Waals surface area (Å²) in [4.78, 5) is 11.5. The SMILES string of the molecule is COc1ccc([C@]2(C#N)CC[C@](O)(C(N)=O)CC2)cc1OCC1CC1. The van der Waals surface area contributed by atoms with Crippen molar-refractivity contribution in [3.05, 3.63) is 23.8 Å². The Morgan fingerprint density at radius 2 is 2.00 bits per heavy atom. The zero-order valence-corrected chi connectivity index (χ0v) is 14.5. The van der Waals surface area contributed by atoms with Gasteiger partial charge in [-0.1, -0.05) is 6.07 Å². The fourth-order valence-corrected chi connectivity index (χ4v) is 3.38. The van der Waals surface area contributed by atoms with E-state index < -0.39 is 16.9 Å². The lowest BCUT2D eigenvalue weighted by Gasteiger charge is -2.38. The molecule has 134 valence electrons. The van der Waals surface area contributed by atoms with Crippen LogP contribution in [-0.4, -0.2) is 30.3 Å². The highest BCUT2D eigenvalue weighted by Gasteiger charge is 2.46. The molecule has 2 saturated carbocycles. The van der Waals surface area contributed by atoms with Gasteiger partial charge in [0.2, 0.25) is 5.91 Å². The van der Waals surface area contributed by atoms with Crippen molar-refractivity contribution >= 4 is 5.91 Å². The topological polar surface area (TPSA) is 106 Å². The van der Waals surface area contributed by atoms with Crippen molar-refractivity contribution in [3.63, 3.8) is 0 Å². The lowest BCUT2D eigenvalue weighted by molar-refractivity contribution is -0.140. The molecule has 0 heterocycles. The third kappa shape index (κ3) is 3.42. The zero-order chi connectivity index (χ0) is 18.1. The summed E-state index contributed by atoms with van der Waals surface area (Å²) in [6.45, 7) is 0.654. The van der Waals surface area contributed by atoms with E-state index in [1.54, 1.807) is 7.11 Å². The first-order valence-electron chi connectivity index (χ1n) is 8.67. The molecule has 0 bridgehead atoms. The summed E-state index contributed by atoms with van der Waals surface area (Å²) in [5, 5.41) is 20.1. The number of nitriles is 1. The largest absolute Gasteiger partial charge is 0.493 e. The highest BCUT2D eigenvalue weighted by Crippen LogP contribution is 2.45. The van der Waals surface area contributed by atoms with Gasteiger partial charge in [-0.2, -0.15) is 5.26 Å². The fraction of sp³-hybridized carbons (Fsp3) is 0.579. The second-order valence-electron chi connectivity index (χ2n) is 7.21. The molecule has 0 atom stereocenters. The van der Waals surface area contributed by atoms with Crippen molar-refractivity contribution in [1.29, 1.82) is 5.26 Å². The average Bonchev–Trinajstić information content (AvgIpc) is 3.45. The third-order valence-electron chi connectivity index (χ3n) is 5.49. The Morgan fingerprint density at radius 3 is 2.52 bits per heavy atom. The maximum Gasteiger partial charge on any atom is 0.249 e. The van der Waals surface area contributed by atoms with Gasteiger partial charge in [-0.3, -0.25) is 4.79 Å². The maximum atomic E-state index is 11.5. The highest BCUT2D eigenvalue weighted by molar-refractivity contribution is 5.83. The molecule has 3 rings (SSSR count). The number of hydrogen-bond acceptors (Lipinski definition) is 5. The van der Waals surface area contributed by atoms with E-state index in [2.05, 4.69) is 6.07 Å². The van der Waals surface area contributed by atoms with Crippen LogP contribution in [-0.2, 0) is 10.2 Å². The van der Waals surface area contributed by atoms with Crippen LogP contribution in [0.2, 0.25) is 0 Å². The van der Waals surface area contributed by atoms with E-state index in [9.17, 15) is 15.2 Å². The van der Waals surface area contributed by atoms with Crippen molar-refractivity contribution in [3.8, 4) is 17.6 Å². The van der Waals surface area contributed by atoms with Crippen LogP contribution >= 0.6 is 0 Å². The third-order valence-corrected chi connectivity index (χ3v) is 5.49. The number of carbonyl (C=O) groups excluding carboxylic acids is 1. The number of primary amides is 1. The molecule has 1 aromatic carbocycles. The van der Waals surface area contributed by atoms with Gasteiger partial charge in [-0.15, -0.1) is 0 Å². The number of hydrogen-bond donors (Lipinski definition) is 2. The van der Waals surface area contributed by atoms with Gasteiger partial charge in [-0.25, -0.2) is 0 Å². The van der Waals surface area contributed by atoms with Gasteiger partial charge >= 0.3 is 0 Å². The van der Waals surface area contributed by atoms with Crippen molar-refractivity contribution in [2.45, 2.75) is 49.5 Å². The molecule has 1 amide bonds. The second kappa shape index (κ2) is 6.57. The van der Waals surface area contributed by atoms with Crippen LogP contribution in [0.15, 0.2) is 18.2 Å². The molecule has 25 heavy (non-hydrogen) atoms. The summed E-state index contributed by atoms with van der Waals surface area (Å²) in [5.41, 5.74) is 3.85. The van der Waals surface area contributed by atoms with Crippen LogP contribution in [0.5, 0.6) is 11.5 Å². The summed E-state index contributed by atoms with van der Waals surface area (Å²) < 4.78 is 11.3. The zero-order valence-electron chi connectivity index (χ0n) is 14.5. The van der Waals surface area contributed by atoms with Crippen LogP contribution in [0, 0.1) is 17.2 Å². The van der Waals surface area contributed by atoms with Crippen molar-refractivity contribution < 1.29 is 19.4 Å². The molecule has 2 aliphatic carbocycles. The Hall–Kier alpha value is -2.26. The molecule has 0 spiro atoms. The van der Waals surface area contributed by atoms with Gasteiger partial charge in [0.25, 0.3) is 0 Å². The number of amides is 1. The highest BCUT2D eigenvalue weighted by atomic mass is 16.5. The van der Waals surface area contributed by atoms with Crippen LogP contribution in [0.1, 0.15) is 44.1 Å². The Balaban J connectivity index is 1.84. The molecule has 3 N–H and O–H groups in total. The molecular formula is C19H24N2O4. The molecule has 2 fully saturated rings. The molecular weight excluding hydrogens is 320 g/mol. The fourth-order valence-electron chi connectivity index (χ4n) is 3.38. The second-order valence-corrected chi connectivity index (χ2v) is 7.21. The van der Waals surface area contributed by atoms with Crippen LogP contribution in [0.4, 0.5) is 0 Å². The number of nitrogens with zero attached hydrogens (tertiary/aromatic N) is 1. The molecule has 2 aliphatic rings. The lowest BCUT2D eigenvalue weighted by Crippen LogP contribution is -2.49. The molecule has 0 radical (unpaired) electrons. The molecule has 0 aliphatic heterocycles. The van der Waals surface area contributed by atoms with Crippen LogP contribution in [0.3, 0.4) is 0 Å². The van der Waals surface area contributed by atoms with E-state index >= 15 is 0 Å². The average molecular weight is 344 g/mol. The van der Waals surface area contributed by atoms with E-state index in [1.807, 2.05) is 18.2 Å². The van der Waals surface area contributed by atoms with Crippen molar-refractivity contribution in [2.75, 3.05) is 13.7 Å². The predicted molar refractivity (Wildman–Crippen MR) is 91.1 cm³/mol. The Labute approximate surface area is 147 Å². The Bertz CT molecular complexity index is 698. The van der Waals surface area contributed by atoms with Gasteiger partial charge in [0.15, 0.2) is 11.5 Å². The maximum absolute atomic E-state index is 11.5. The van der Waals surface area contributed by atoms with E-state index in [0.29, 0.717) is 36.9 Å².